The van der Waals surface area contributed by atoms with Crippen molar-refractivity contribution in [1.29, 1.82) is 0 Å². The molecule has 124 valence electrons. The van der Waals surface area contributed by atoms with Crippen molar-refractivity contribution < 1.29 is 14.3 Å². The monoisotopic (exact) mass is 319 g/mol. The minimum Gasteiger partial charge on any atom is -0.464 e. The van der Waals surface area contributed by atoms with Crippen molar-refractivity contribution in [2.45, 2.75) is 33.7 Å². The van der Waals surface area contributed by atoms with E-state index in [0.717, 1.165) is 0 Å². The van der Waals surface area contributed by atoms with E-state index >= 15 is 0 Å². The zero-order valence-electron chi connectivity index (χ0n) is 13.7. The summed E-state index contributed by atoms with van der Waals surface area (Å²) in [5, 5.41) is 9.52. The van der Waals surface area contributed by atoms with Crippen LogP contribution in [-0.4, -0.2) is 39.2 Å². The number of ether oxygens (including phenoxy) is 1. The van der Waals surface area contributed by atoms with Gasteiger partial charge in [-0.15, -0.1) is 0 Å². The largest absolute Gasteiger partial charge is 0.464 e. The van der Waals surface area contributed by atoms with Crippen LogP contribution in [0.25, 0.3) is 5.65 Å². The number of hydrogen-bond acceptors (Lipinski definition) is 5. The topological polar surface area (TPSA) is 97.6 Å². The molecule has 0 aromatic carbocycles. The normalized spacial score (nSPS) is 12.2. The number of fused-ring (bicyclic) bond motifs is 1. The molecule has 0 aliphatic rings. The molecule has 0 spiro atoms. The van der Waals surface area contributed by atoms with Crippen molar-refractivity contribution in [2.75, 3.05) is 11.9 Å². The number of aromatic nitrogens is 3. The molecule has 0 aliphatic carbocycles. The number of anilines is 1. The summed E-state index contributed by atoms with van der Waals surface area (Å²) < 4.78 is 6.56. The van der Waals surface area contributed by atoms with Crippen LogP contribution in [0.5, 0.6) is 0 Å². The number of carbonyl (C=O) groups excluding carboxylic acids is 2. The Bertz CT molecular complexity index is 710. The van der Waals surface area contributed by atoms with Gasteiger partial charge in [-0.1, -0.05) is 13.8 Å². The smallest absolute Gasteiger partial charge is 0.328 e. The molecule has 0 saturated carbocycles. The number of carbonyl (C=O) groups is 2. The van der Waals surface area contributed by atoms with E-state index in [1.165, 1.54) is 0 Å². The van der Waals surface area contributed by atoms with Gasteiger partial charge >= 0.3 is 12.0 Å². The maximum Gasteiger partial charge on any atom is 0.328 e. The molecule has 8 heteroatoms. The van der Waals surface area contributed by atoms with E-state index in [2.05, 4.69) is 20.7 Å². The minimum atomic E-state index is -0.714. The van der Waals surface area contributed by atoms with Crippen LogP contribution < -0.4 is 10.6 Å². The number of aryl methyl sites for hydroxylation is 1. The molecule has 2 heterocycles. The Labute approximate surface area is 134 Å². The number of rotatable bonds is 5. The lowest BCUT2D eigenvalue weighted by Crippen LogP contribution is -2.47. The lowest BCUT2D eigenvalue weighted by molar-refractivity contribution is -0.146. The predicted molar refractivity (Wildman–Crippen MR) is 85.1 cm³/mol. The molecule has 0 bridgehead atoms. The van der Waals surface area contributed by atoms with Gasteiger partial charge in [0.15, 0.2) is 5.65 Å². The van der Waals surface area contributed by atoms with Gasteiger partial charge in [-0.3, -0.25) is 0 Å². The van der Waals surface area contributed by atoms with Gasteiger partial charge in [-0.05, 0) is 31.9 Å². The number of hydrogen-bond donors (Lipinski definition) is 2. The third-order valence-electron chi connectivity index (χ3n) is 3.21. The molecule has 8 nitrogen and oxygen atoms in total. The number of urea groups is 1. The third kappa shape index (κ3) is 3.97. The Morgan fingerprint density at radius 2 is 2.13 bits per heavy atom. The van der Waals surface area contributed by atoms with Crippen molar-refractivity contribution >= 4 is 23.3 Å². The molecule has 0 fully saturated rings. The van der Waals surface area contributed by atoms with Gasteiger partial charge in [0, 0.05) is 6.20 Å². The number of pyridine rings is 1. The van der Waals surface area contributed by atoms with Crippen molar-refractivity contribution in [3.63, 3.8) is 0 Å². The lowest BCUT2D eigenvalue weighted by atomic mass is 10.1. The van der Waals surface area contributed by atoms with E-state index in [4.69, 9.17) is 4.74 Å². The lowest BCUT2D eigenvalue weighted by Gasteiger charge is -2.20. The second-order valence-electron chi connectivity index (χ2n) is 5.42. The second-order valence-corrected chi connectivity index (χ2v) is 5.42. The molecule has 0 aliphatic heterocycles. The first-order valence-corrected chi connectivity index (χ1v) is 7.48. The fourth-order valence-corrected chi connectivity index (χ4v) is 2.14. The molecule has 1 atom stereocenters. The highest BCUT2D eigenvalue weighted by Crippen LogP contribution is 2.14. The van der Waals surface area contributed by atoms with Crippen LogP contribution >= 0.6 is 0 Å². The Morgan fingerprint density at radius 1 is 1.39 bits per heavy atom. The average molecular weight is 319 g/mol. The molecule has 2 rings (SSSR count). The van der Waals surface area contributed by atoms with Crippen LogP contribution in [-0.2, 0) is 9.53 Å². The fraction of sp³-hybridized carbons (Fsp3) is 0.467. The van der Waals surface area contributed by atoms with Crippen molar-refractivity contribution in [1.82, 2.24) is 19.9 Å². The Balaban J connectivity index is 2.12. The number of amides is 2. The summed E-state index contributed by atoms with van der Waals surface area (Å²) in [6.45, 7) is 7.44. The van der Waals surface area contributed by atoms with Crippen molar-refractivity contribution in [3.8, 4) is 0 Å². The van der Waals surface area contributed by atoms with Crippen LogP contribution in [0.1, 0.15) is 26.6 Å². The summed E-state index contributed by atoms with van der Waals surface area (Å²) in [6, 6.07) is 2.26. The van der Waals surface area contributed by atoms with Crippen LogP contribution in [0, 0.1) is 12.8 Å². The molecule has 0 radical (unpaired) electrons. The molecule has 2 aromatic heterocycles. The Morgan fingerprint density at radius 3 is 2.78 bits per heavy atom. The number of nitrogens with one attached hydrogen (secondary N) is 2. The summed E-state index contributed by atoms with van der Waals surface area (Å²) in [5.74, 6) is 0.0614. The highest BCUT2D eigenvalue weighted by molar-refractivity contribution is 5.95. The van der Waals surface area contributed by atoms with Gasteiger partial charge in [-0.2, -0.15) is 5.10 Å². The van der Waals surface area contributed by atoms with Crippen molar-refractivity contribution in [2.24, 2.45) is 5.92 Å². The van der Waals surface area contributed by atoms with Crippen LogP contribution in [0.15, 0.2) is 18.3 Å². The molecule has 23 heavy (non-hydrogen) atoms. The van der Waals surface area contributed by atoms with Crippen molar-refractivity contribution in [3.05, 3.63) is 24.2 Å². The highest BCUT2D eigenvalue weighted by atomic mass is 16.5. The van der Waals surface area contributed by atoms with Gasteiger partial charge < -0.3 is 15.4 Å². The number of nitrogens with zero attached hydrogens (tertiary/aromatic N) is 3. The van der Waals surface area contributed by atoms with Gasteiger partial charge in [0.1, 0.15) is 11.9 Å². The van der Waals surface area contributed by atoms with Crippen LogP contribution in [0.3, 0.4) is 0 Å². The van der Waals surface area contributed by atoms with E-state index in [1.807, 2.05) is 13.8 Å². The maximum atomic E-state index is 12.2. The first-order valence-electron chi connectivity index (χ1n) is 7.48. The SMILES string of the molecule is CCOC(=O)[C@H](NC(=O)Nc1cccn2nc(C)nc12)C(C)C. The molecule has 0 unspecified atom stereocenters. The maximum absolute atomic E-state index is 12.2. The fourth-order valence-electron chi connectivity index (χ4n) is 2.14. The van der Waals surface area contributed by atoms with E-state index in [0.29, 0.717) is 17.2 Å². The molecule has 2 N–H and O–H groups in total. The molecular weight excluding hydrogens is 298 g/mol. The molecule has 0 saturated heterocycles. The first-order chi connectivity index (χ1) is 10.9. The van der Waals surface area contributed by atoms with Gasteiger partial charge in [0.05, 0.1) is 12.3 Å². The summed E-state index contributed by atoms with van der Waals surface area (Å²) >= 11 is 0. The standard InChI is InChI=1S/C15H21N5O3/c1-5-23-14(21)12(9(2)3)18-15(22)17-11-7-6-8-20-13(11)16-10(4)19-20/h6-9,12H,5H2,1-4H3,(H2,17,18,22)/t12-/m1/s1. The van der Waals surface area contributed by atoms with Gasteiger partial charge in [0.25, 0.3) is 0 Å². The van der Waals surface area contributed by atoms with Gasteiger partial charge in [-0.25, -0.2) is 19.1 Å². The van der Waals surface area contributed by atoms with Crippen LogP contribution in [0.4, 0.5) is 10.5 Å². The summed E-state index contributed by atoms with van der Waals surface area (Å²) in [7, 11) is 0. The average Bonchev–Trinajstić information content (AvgIpc) is 2.86. The predicted octanol–water partition coefficient (Wildman–Crippen LogP) is 1.75. The molecule has 2 aromatic rings. The highest BCUT2D eigenvalue weighted by Gasteiger charge is 2.25. The number of esters is 1. The first kappa shape index (κ1) is 16.7. The third-order valence-corrected chi connectivity index (χ3v) is 3.21. The summed E-state index contributed by atoms with van der Waals surface area (Å²) in [5.41, 5.74) is 1.05. The Hall–Kier alpha value is -2.64. The van der Waals surface area contributed by atoms with E-state index < -0.39 is 18.0 Å². The minimum absolute atomic E-state index is 0.0917. The summed E-state index contributed by atoms with van der Waals surface area (Å²) in [6.07, 6.45) is 1.74. The van der Waals surface area contributed by atoms with Crippen LogP contribution in [0.2, 0.25) is 0 Å². The van der Waals surface area contributed by atoms with Gasteiger partial charge in [0.2, 0.25) is 0 Å². The zero-order chi connectivity index (χ0) is 17.0. The molecular formula is C15H21N5O3. The summed E-state index contributed by atoms with van der Waals surface area (Å²) in [4.78, 5) is 28.4. The quantitative estimate of drug-likeness (QED) is 0.818. The zero-order valence-corrected chi connectivity index (χ0v) is 13.7. The second kappa shape index (κ2) is 7.08. The molecule has 2 amide bonds. The van der Waals surface area contributed by atoms with E-state index in [9.17, 15) is 9.59 Å². The van der Waals surface area contributed by atoms with E-state index in [1.54, 1.807) is 36.7 Å². The Kier molecular flexibility index (Phi) is 5.15. The van der Waals surface area contributed by atoms with E-state index in [-0.39, 0.29) is 12.5 Å².